The third kappa shape index (κ3) is 2.16. The highest BCUT2D eigenvalue weighted by molar-refractivity contribution is 5.01. The van der Waals surface area contributed by atoms with Crippen LogP contribution in [-0.2, 0) is 14.2 Å². The van der Waals surface area contributed by atoms with Crippen LogP contribution in [0.1, 0.15) is 20.3 Å². The Hall–Kier alpha value is -0.200. The molecule has 0 radical (unpaired) electrons. The van der Waals surface area contributed by atoms with E-state index in [0.717, 1.165) is 6.42 Å². The summed E-state index contributed by atoms with van der Waals surface area (Å²) in [5, 5.41) is 8.71. The summed E-state index contributed by atoms with van der Waals surface area (Å²) >= 11 is 0. The molecule has 1 aliphatic heterocycles. The first-order valence-electron chi connectivity index (χ1n) is 5.37. The first-order chi connectivity index (χ1) is 7.03. The molecule has 2 fully saturated rings. The first-order valence-corrected chi connectivity index (χ1v) is 5.37. The van der Waals surface area contributed by atoms with E-state index in [4.69, 9.17) is 25.1 Å². The van der Waals surface area contributed by atoms with Gasteiger partial charge in [0.25, 0.3) is 0 Å². The van der Waals surface area contributed by atoms with Crippen LogP contribution in [0.3, 0.4) is 0 Å². The van der Waals surface area contributed by atoms with E-state index >= 15 is 0 Å². The Morgan fingerprint density at radius 3 is 2.73 bits per heavy atom. The second kappa shape index (κ2) is 3.99. The minimum atomic E-state index is -0.575. The smallest absolute Gasteiger partial charge is 0.163 e. The van der Waals surface area contributed by atoms with Crippen molar-refractivity contribution in [3.63, 3.8) is 0 Å². The summed E-state index contributed by atoms with van der Waals surface area (Å²) in [4.78, 5) is 0. The van der Waals surface area contributed by atoms with Gasteiger partial charge in [-0.2, -0.15) is 0 Å². The Labute approximate surface area is 89.5 Å². The molecule has 15 heavy (non-hydrogen) atoms. The van der Waals surface area contributed by atoms with Crippen LogP contribution in [0.2, 0.25) is 0 Å². The van der Waals surface area contributed by atoms with Gasteiger partial charge in [-0.15, -0.1) is 0 Å². The Kier molecular flexibility index (Phi) is 3.00. The molecule has 2 rings (SSSR count). The van der Waals surface area contributed by atoms with Crippen molar-refractivity contribution in [1.29, 1.82) is 0 Å². The molecule has 0 aromatic heterocycles. The van der Waals surface area contributed by atoms with Gasteiger partial charge in [0.05, 0.1) is 19.3 Å². The largest absolute Gasteiger partial charge is 0.394 e. The molecule has 88 valence electrons. The minimum Gasteiger partial charge on any atom is -0.394 e. The third-order valence-electron chi connectivity index (χ3n) is 2.88. The molecule has 1 aliphatic carbocycles. The van der Waals surface area contributed by atoms with Crippen LogP contribution in [0.25, 0.3) is 0 Å². The lowest BCUT2D eigenvalue weighted by atomic mass is 10.2. The molecule has 0 spiro atoms. The van der Waals surface area contributed by atoms with Gasteiger partial charge in [-0.25, -0.2) is 0 Å². The predicted octanol–water partition coefficient (Wildman–Crippen LogP) is -0.385. The van der Waals surface area contributed by atoms with Gasteiger partial charge in [-0.05, 0) is 20.3 Å². The van der Waals surface area contributed by atoms with Crippen molar-refractivity contribution in [2.45, 2.75) is 50.4 Å². The maximum absolute atomic E-state index is 8.71. The lowest BCUT2D eigenvalue weighted by molar-refractivity contribution is -0.168. The van der Waals surface area contributed by atoms with Gasteiger partial charge < -0.3 is 25.1 Å². The standard InChI is InChI=1S/C10H19NO4/c1-10(2)14-8-6(11)5-7(9(8)15-10)13-4-3-12/h6-9,12H,3-5,11H2,1-2H3/t6?,7?,8-,9+/m0/s1. The number of rotatable bonds is 3. The van der Waals surface area contributed by atoms with Gasteiger partial charge in [0.1, 0.15) is 12.2 Å². The van der Waals surface area contributed by atoms with Gasteiger partial charge in [0.15, 0.2) is 5.79 Å². The van der Waals surface area contributed by atoms with Crippen molar-refractivity contribution in [3.8, 4) is 0 Å². The number of nitrogens with two attached hydrogens (primary N) is 1. The van der Waals surface area contributed by atoms with Crippen LogP contribution >= 0.6 is 0 Å². The van der Waals surface area contributed by atoms with Gasteiger partial charge in [-0.3, -0.25) is 0 Å². The van der Waals surface area contributed by atoms with Crippen molar-refractivity contribution in [2.75, 3.05) is 13.2 Å². The normalized spacial score (nSPS) is 43.2. The molecule has 1 heterocycles. The fourth-order valence-corrected chi connectivity index (χ4v) is 2.34. The van der Waals surface area contributed by atoms with Crippen LogP contribution in [0.4, 0.5) is 0 Å². The quantitative estimate of drug-likeness (QED) is 0.674. The lowest BCUT2D eigenvalue weighted by Gasteiger charge is -2.22. The van der Waals surface area contributed by atoms with E-state index in [-0.39, 0.29) is 31.0 Å². The summed E-state index contributed by atoms with van der Waals surface area (Å²) in [7, 11) is 0. The number of ether oxygens (including phenoxy) is 3. The minimum absolute atomic E-state index is 0.0212. The van der Waals surface area contributed by atoms with Crippen LogP contribution in [0.5, 0.6) is 0 Å². The highest BCUT2D eigenvalue weighted by Crippen LogP contribution is 2.38. The molecule has 0 bridgehead atoms. The molecule has 0 aromatic rings. The Morgan fingerprint density at radius 2 is 2.07 bits per heavy atom. The van der Waals surface area contributed by atoms with E-state index in [1.54, 1.807) is 0 Å². The van der Waals surface area contributed by atoms with Crippen LogP contribution in [0.15, 0.2) is 0 Å². The maximum atomic E-state index is 8.71. The molecule has 4 atom stereocenters. The van der Waals surface area contributed by atoms with Crippen LogP contribution in [0, 0.1) is 0 Å². The summed E-state index contributed by atoms with van der Waals surface area (Å²) in [5.41, 5.74) is 5.96. The van der Waals surface area contributed by atoms with E-state index in [1.807, 2.05) is 13.8 Å². The molecule has 5 nitrogen and oxygen atoms in total. The number of aliphatic hydroxyl groups excluding tert-OH is 1. The van der Waals surface area contributed by atoms with Crippen molar-refractivity contribution >= 4 is 0 Å². The van der Waals surface area contributed by atoms with E-state index in [2.05, 4.69) is 0 Å². The molecule has 0 amide bonds. The van der Waals surface area contributed by atoms with E-state index in [1.165, 1.54) is 0 Å². The van der Waals surface area contributed by atoms with Crippen molar-refractivity contribution in [3.05, 3.63) is 0 Å². The number of aliphatic hydroxyl groups is 1. The van der Waals surface area contributed by atoms with Crippen molar-refractivity contribution < 1.29 is 19.3 Å². The van der Waals surface area contributed by atoms with Gasteiger partial charge in [0, 0.05) is 6.04 Å². The molecule has 2 aliphatic rings. The Bertz CT molecular complexity index is 233. The second-order valence-corrected chi connectivity index (χ2v) is 4.60. The average molecular weight is 217 g/mol. The third-order valence-corrected chi connectivity index (χ3v) is 2.88. The summed E-state index contributed by atoms with van der Waals surface area (Å²) in [6, 6.07) is -0.0412. The molecular weight excluding hydrogens is 198 g/mol. The zero-order valence-corrected chi connectivity index (χ0v) is 9.18. The topological polar surface area (TPSA) is 73.9 Å². The molecule has 5 heteroatoms. The fourth-order valence-electron chi connectivity index (χ4n) is 2.34. The Balaban J connectivity index is 1.99. The highest BCUT2D eigenvalue weighted by atomic mass is 16.8. The van der Waals surface area contributed by atoms with Crippen molar-refractivity contribution in [1.82, 2.24) is 0 Å². The number of fused-ring (bicyclic) bond motifs is 1. The van der Waals surface area contributed by atoms with Crippen molar-refractivity contribution in [2.24, 2.45) is 5.73 Å². The summed E-state index contributed by atoms with van der Waals surface area (Å²) in [5.74, 6) is -0.575. The summed E-state index contributed by atoms with van der Waals surface area (Å²) in [6.07, 6.45) is 0.495. The van der Waals surface area contributed by atoms with E-state index < -0.39 is 5.79 Å². The Morgan fingerprint density at radius 1 is 1.40 bits per heavy atom. The molecule has 3 N–H and O–H groups in total. The molecule has 0 aromatic carbocycles. The van der Waals surface area contributed by atoms with Crippen LogP contribution in [-0.4, -0.2) is 48.5 Å². The SMILES string of the molecule is CC1(C)O[C@@H]2C(OCCO)CC(N)[C@@H]2O1. The van der Waals surface area contributed by atoms with Gasteiger partial charge in [0.2, 0.25) is 0 Å². The average Bonchev–Trinajstić information content (AvgIpc) is 2.60. The van der Waals surface area contributed by atoms with E-state index in [0.29, 0.717) is 6.61 Å². The van der Waals surface area contributed by atoms with Gasteiger partial charge in [-0.1, -0.05) is 0 Å². The summed E-state index contributed by atoms with van der Waals surface area (Å²) < 4.78 is 16.9. The molecule has 1 saturated carbocycles. The summed E-state index contributed by atoms with van der Waals surface area (Å²) in [6.45, 7) is 4.10. The molecule has 1 saturated heterocycles. The molecule has 2 unspecified atom stereocenters. The zero-order chi connectivity index (χ0) is 11.1. The lowest BCUT2D eigenvalue weighted by Crippen LogP contribution is -2.35. The number of hydrogen-bond donors (Lipinski definition) is 2. The van der Waals surface area contributed by atoms with Crippen LogP contribution < -0.4 is 5.73 Å². The maximum Gasteiger partial charge on any atom is 0.163 e. The number of hydrogen-bond acceptors (Lipinski definition) is 5. The van der Waals surface area contributed by atoms with E-state index in [9.17, 15) is 0 Å². The zero-order valence-electron chi connectivity index (χ0n) is 9.18. The monoisotopic (exact) mass is 217 g/mol. The fraction of sp³-hybridized carbons (Fsp3) is 1.00. The second-order valence-electron chi connectivity index (χ2n) is 4.60. The predicted molar refractivity (Wildman–Crippen MR) is 53.2 cm³/mol. The van der Waals surface area contributed by atoms with Gasteiger partial charge >= 0.3 is 0 Å². The first kappa shape index (κ1) is 11.3. The highest BCUT2D eigenvalue weighted by Gasteiger charge is 2.53. The molecular formula is C10H19NO4.